The molecule has 1 aromatic carbocycles. The number of benzene rings is 1. The van der Waals surface area contributed by atoms with Crippen molar-refractivity contribution in [3.8, 4) is 0 Å². The maximum atomic E-state index is 12.3. The monoisotopic (exact) mass is 455 g/mol. The first-order valence-electron chi connectivity index (χ1n) is 10.2. The maximum absolute atomic E-state index is 12.3. The van der Waals surface area contributed by atoms with E-state index < -0.39 is 0 Å². The zero-order chi connectivity index (χ0) is 21.6. The SMILES string of the molecule is COC(=O)c1cc(Cc2ccccc2)sc1NC(=S)N1CCN(Cc2ccco2)CC1. The Morgan fingerprint density at radius 3 is 2.61 bits per heavy atom. The van der Waals surface area contributed by atoms with E-state index in [4.69, 9.17) is 21.4 Å². The van der Waals surface area contributed by atoms with Crippen LogP contribution in [0.5, 0.6) is 0 Å². The molecular weight excluding hydrogens is 430 g/mol. The van der Waals surface area contributed by atoms with Crippen LogP contribution in [0.1, 0.15) is 26.6 Å². The predicted octanol–water partition coefficient (Wildman–Crippen LogP) is 4.23. The molecule has 8 heteroatoms. The number of nitrogens with one attached hydrogen (secondary N) is 1. The number of piperazine rings is 1. The molecule has 2 aromatic heterocycles. The number of thiophene rings is 1. The first-order chi connectivity index (χ1) is 15.1. The number of anilines is 1. The lowest BCUT2D eigenvalue weighted by atomic mass is 10.1. The van der Waals surface area contributed by atoms with Gasteiger partial charge >= 0.3 is 5.97 Å². The summed E-state index contributed by atoms with van der Waals surface area (Å²) in [7, 11) is 1.40. The van der Waals surface area contributed by atoms with Gasteiger partial charge in [-0.2, -0.15) is 0 Å². The Morgan fingerprint density at radius 1 is 1.16 bits per heavy atom. The van der Waals surface area contributed by atoms with Gasteiger partial charge in [0.05, 0.1) is 25.5 Å². The van der Waals surface area contributed by atoms with Crippen molar-refractivity contribution < 1.29 is 13.9 Å². The third kappa shape index (κ3) is 5.52. The number of esters is 1. The fourth-order valence-corrected chi connectivity index (χ4v) is 5.02. The average molecular weight is 456 g/mol. The van der Waals surface area contributed by atoms with Crippen molar-refractivity contribution in [1.82, 2.24) is 9.80 Å². The highest BCUT2D eigenvalue weighted by atomic mass is 32.1. The molecule has 1 saturated heterocycles. The van der Waals surface area contributed by atoms with E-state index in [0.29, 0.717) is 10.7 Å². The van der Waals surface area contributed by atoms with Crippen LogP contribution in [-0.2, 0) is 17.7 Å². The van der Waals surface area contributed by atoms with Gasteiger partial charge in [0.25, 0.3) is 0 Å². The minimum Gasteiger partial charge on any atom is -0.468 e. The molecule has 1 aliphatic heterocycles. The molecule has 0 bridgehead atoms. The molecular formula is C23H25N3O3S2. The number of hydrogen-bond donors (Lipinski definition) is 1. The molecule has 4 rings (SSSR count). The normalized spacial score (nSPS) is 14.4. The molecule has 3 heterocycles. The van der Waals surface area contributed by atoms with Crippen LogP contribution in [0.2, 0.25) is 0 Å². The fourth-order valence-electron chi connectivity index (χ4n) is 3.59. The summed E-state index contributed by atoms with van der Waals surface area (Å²) in [5.41, 5.74) is 1.72. The standard InChI is InChI=1S/C23H25N3O3S2/c1-28-22(27)20-15-19(14-17-6-3-2-4-7-17)31-21(20)24-23(30)26-11-9-25(10-12-26)16-18-8-5-13-29-18/h2-8,13,15H,9-12,14,16H2,1H3,(H,24,30). The number of rotatable bonds is 6. The van der Waals surface area contributed by atoms with Gasteiger partial charge in [0.2, 0.25) is 0 Å². The summed E-state index contributed by atoms with van der Waals surface area (Å²) in [6.45, 7) is 4.25. The van der Waals surface area contributed by atoms with Crippen LogP contribution in [0.15, 0.2) is 59.2 Å². The Balaban J connectivity index is 1.39. The van der Waals surface area contributed by atoms with Gasteiger partial charge in [0, 0.05) is 37.5 Å². The number of hydrogen-bond acceptors (Lipinski definition) is 6. The van der Waals surface area contributed by atoms with Crippen LogP contribution in [0, 0.1) is 0 Å². The molecule has 1 aliphatic rings. The van der Waals surface area contributed by atoms with Crippen LogP contribution >= 0.6 is 23.6 Å². The first kappa shape index (κ1) is 21.5. The van der Waals surface area contributed by atoms with Crippen molar-refractivity contribution in [1.29, 1.82) is 0 Å². The molecule has 3 aromatic rings. The van der Waals surface area contributed by atoms with Gasteiger partial charge in [-0.1, -0.05) is 30.3 Å². The Morgan fingerprint density at radius 2 is 1.94 bits per heavy atom. The fraction of sp³-hybridized carbons (Fsp3) is 0.304. The minimum atomic E-state index is -0.357. The number of nitrogens with zero attached hydrogens (tertiary/aromatic N) is 2. The molecule has 0 radical (unpaired) electrons. The van der Waals surface area contributed by atoms with Crippen molar-refractivity contribution >= 4 is 39.6 Å². The zero-order valence-corrected chi connectivity index (χ0v) is 19.0. The summed E-state index contributed by atoms with van der Waals surface area (Å²) in [6, 6.07) is 16.0. The quantitative estimate of drug-likeness (QED) is 0.441. The van der Waals surface area contributed by atoms with Crippen LogP contribution in [0.4, 0.5) is 5.00 Å². The summed E-state index contributed by atoms with van der Waals surface area (Å²) < 4.78 is 10.4. The topological polar surface area (TPSA) is 58.0 Å². The second-order valence-electron chi connectivity index (χ2n) is 7.38. The highest BCUT2D eigenvalue weighted by molar-refractivity contribution is 7.80. The van der Waals surface area contributed by atoms with E-state index in [1.54, 1.807) is 17.6 Å². The Bertz CT molecular complexity index is 1010. The van der Waals surface area contributed by atoms with Gasteiger partial charge in [0.1, 0.15) is 10.8 Å². The lowest BCUT2D eigenvalue weighted by Gasteiger charge is -2.35. The van der Waals surface area contributed by atoms with Crippen molar-refractivity contribution in [3.63, 3.8) is 0 Å². The van der Waals surface area contributed by atoms with Crippen molar-refractivity contribution in [2.75, 3.05) is 38.6 Å². The second-order valence-corrected chi connectivity index (χ2v) is 8.91. The lowest BCUT2D eigenvalue weighted by molar-refractivity contribution is 0.0602. The summed E-state index contributed by atoms with van der Waals surface area (Å²) in [4.78, 5) is 17.9. The molecule has 0 saturated carbocycles. The smallest absolute Gasteiger partial charge is 0.340 e. The van der Waals surface area contributed by atoms with Gasteiger partial charge in [-0.3, -0.25) is 4.90 Å². The van der Waals surface area contributed by atoms with Crippen molar-refractivity contribution in [2.24, 2.45) is 0 Å². The molecule has 0 aliphatic carbocycles. The highest BCUT2D eigenvalue weighted by Crippen LogP contribution is 2.31. The molecule has 6 nitrogen and oxygen atoms in total. The number of carbonyl (C=O) groups is 1. The summed E-state index contributed by atoms with van der Waals surface area (Å²) in [6.07, 6.45) is 2.46. The van der Waals surface area contributed by atoms with E-state index >= 15 is 0 Å². The van der Waals surface area contributed by atoms with Crippen molar-refractivity contribution in [3.05, 3.63) is 76.6 Å². The third-order valence-corrected chi connectivity index (χ3v) is 6.66. The van der Waals surface area contributed by atoms with E-state index in [2.05, 4.69) is 27.2 Å². The van der Waals surface area contributed by atoms with Crippen LogP contribution in [0.3, 0.4) is 0 Å². The Kier molecular flexibility index (Phi) is 7.01. The summed E-state index contributed by atoms with van der Waals surface area (Å²) in [5.74, 6) is 0.616. The third-order valence-electron chi connectivity index (χ3n) is 5.25. The van der Waals surface area contributed by atoms with E-state index in [0.717, 1.165) is 54.8 Å². The van der Waals surface area contributed by atoms with Gasteiger partial charge in [0.15, 0.2) is 5.11 Å². The van der Waals surface area contributed by atoms with Gasteiger partial charge in [-0.15, -0.1) is 11.3 Å². The lowest BCUT2D eigenvalue weighted by Crippen LogP contribution is -2.49. The Labute approximate surface area is 191 Å². The van der Waals surface area contributed by atoms with E-state index in [1.165, 1.54) is 12.7 Å². The second kappa shape index (κ2) is 10.1. The molecule has 0 atom stereocenters. The summed E-state index contributed by atoms with van der Waals surface area (Å²) >= 11 is 7.21. The highest BCUT2D eigenvalue weighted by Gasteiger charge is 2.23. The summed E-state index contributed by atoms with van der Waals surface area (Å²) in [5, 5.41) is 4.67. The molecule has 0 spiro atoms. The Hall–Kier alpha value is -2.68. The molecule has 162 valence electrons. The maximum Gasteiger partial charge on any atom is 0.340 e. The number of thiocarbonyl (C=S) groups is 1. The van der Waals surface area contributed by atoms with E-state index in [1.807, 2.05) is 36.4 Å². The molecule has 1 N–H and O–H groups in total. The van der Waals surface area contributed by atoms with Gasteiger partial charge in [-0.25, -0.2) is 4.79 Å². The average Bonchev–Trinajstić information content (AvgIpc) is 3.44. The zero-order valence-electron chi connectivity index (χ0n) is 17.4. The largest absolute Gasteiger partial charge is 0.468 e. The number of carbonyl (C=O) groups excluding carboxylic acids is 1. The minimum absolute atomic E-state index is 0.357. The van der Waals surface area contributed by atoms with E-state index in [-0.39, 0.29) is 5.97 Å². The number of furan rings is 1. The van der Waals surface area contributed by atoms with Crippen LogP contribution in [0.25, 0.3) is 0 Å². The van der Waals surface area contributed by atoms with Gasteiger partial charge in [-0.05, 0) is 36.0 Å². The van der Waals surface area contributed by atoms with Crippen LogP contribution < -0.4 is 5.32 Å². The molecule has 0 unspecified atom stereocenters. The van der Waals surface area contributed by atoms with Crippen LogP contribution in [-0.4, -0.2) is 54.2 Å². The van der Waals surface area contributed by atoms with Crippen molar-refractivity contribution in [2.45, 2.75) is 13.0 Å². The molecule has 31 heavy (non-hydrogen) atoms. The molecule has 0 amide bonds. The number of ether oxygens (including phenoxy) is 1. The molecule has 1 fully saturated rings. The first-order valence-corrected chi connectivity index (χ1v) is 11.4. The number of methoxy groups -OCH3 is 1. The van der Waals surface area contributed by atoms with E-state index in [9.17, 15) is 4.79 Å². The predicted molar refractivity (Wildman–Crippen MR) is 127 cm³/mol. The van der Waals surface area contributed by atoms with Gasteiger partial charge < -0.3 is 19.4 Å².